The number of para-hydroxylation sites is 1. The van der Waals surface area contributed by atoms with E-state index in [1.54, 1.807) is 0 Å². The summed E-state index contributed by atoms with van der Waals surface area (Å²) in [5.41, 5.74) is -0.243. The standard InChI is InChI=1S/C12H17F3N2O2S/c1-11(2,7-16)8-17-9-5-3-4-6-10(9)20(18,19)12(13,14)15/h3-6,17H,7-8,16H2,1-2H3. The zero-order valence-electron chi connectivity index (χ0n) is 11.2. The molecule has 0 aliphatic rings. The van der Waals surface area contributed by atoms with Crippen LogP contribution in [-0.4, -0.2) is 27.0 Å². The van der Waals surface area contributed by atoms with E-state index >= 15 is 0 Å². The summed E-state index contributed by atoms with van der Waals surface area (Å²) in [6.07, 6.45) is 0. The van der Waals surface area contributed by atoms with Crippen LogP contribution in [0, 0.1) is 5.41 Å². The number of hydrogen-bond acceptors (Lipinski definition) is 4. The van der Waals surface area contributed by atoms with Gasteiger partial charge in [0.1, 0.15) is 0 Å². The van der Waals surface area contributed by atoms with E-state index in [4.69, 9.17) is 5.73 Å². The van der Waals surface area contributed by atoms with Crippen molar-refractivity contribution in [2.75, 3.05) is 18.4 Å². The van der Waals surface area contributed by atoms with Crippen LogP contribution in [-0.2, 0) is 9.84 Å². The third-order valence-electron chi connectivity index (χ3n) is 2.79. The van der Waals surface area contributed by atoms with Gasteiger partial charge in [0.15, 0.2) is 0 Å². The second-order valence-corrected chi connectivity index (χ2v) is 7.08. The van der Waals surface area contributed by atoms with Gasteiger partial charge in [-0.2, -0.15) is 13.2 Å². The number of alkyl halides is 3. The van der Waals surface area contributed by atoms with Crippen molar-refractivity contribution in [3.63, 3.8) is 0 Å². The Bertz CT molecular complexity index is 568. The second kappa shape index (κ2) is 5.61. The Kier molecular flexibility index (Phi) is 4.70. The Morgan fingerprint density at radius 3 is 2.25 bits per heavy atom. The first kappa shape index (κ1) is 16.8. The number of anilines is 1. The van der Waals surface area contributed by atoms with E-state index in [1.807, 2.05) is 13.8 Å². The first-order chi connectivity index (χ1) is 9.01. The molecule has 0 radical (unpaired) electrons. The van der Waals surface area contributed by atoms with Crippen molar-refractivity contribution >= 4 is 15.5 Å². The minimum absolute atomic E-state index is 0.0775. The van der Waals surface area contributed by atoms with Crippen molar-refractivity contribution in [2.24, 2.45) is 11.1 Å². The number of hydrogen-bond donors (Lipinski definition) is 2. The van der Waals surface area contributed by atoms with Gasteiger partial charge in [0.25, 0.3) is 9.84 Å². The number of rotatable bonds is 5. The predicted octanol–water partition coefficient (Wildman–Crippen LogP) is 2.38. The summed E-state index contributed by atoms with van der Waals surface area (Å²) in [7, 11) is -5.38. The van der Waals surface area contributed by atoms with Crippen LogP contribution in [0.1, 0.15) is 13.8 Å². The number of nitrogens with two attached hydrogens (primary N) is 1. The van der Waals surface area contributed by atoms with Crippen LogP contribution >= 0.6 is 0 Å². The van der Waals surface area contributed by atoms with E-state index in [-0.39, 0.29) is 17.6 Å². The van der Waals surface area contributed by atoms with Crippen molar-refractivity contribution in [1.82, 2.24) is 0 Å². The first-order valence-corrected chi connectivity index (χ1v) is 7.34. The quantitative estimate of drug-likeness (QED) is 0.876. The van der Waals surface area contributed by atoms with E-state index in [9.17, 15) is 21.6 Å². The molecule has 0 bridgehead atoms. The molecular weight excluding hydrogens is 293 g/mol. The van der Waals surface area contributed by atoms with Gasteiger partial charge < -0.3 is 11.1 Å². The molecule has 3 N–H and O–H groups in total. The number of nitrogens with one attached hydrogen (secondary N) is 1. The average molecular weight is 310 g/mol. The molecule has 4 nitrogen and oxygen atoms in total. The topological polar surface area (TPSA) is 72.2 Å². The van der Waals surface area contributed by atoms with Crippen LogP contribution in [0.25, 0.3) is 0 Å². The van der Waals surface area contributed by atoms with Crippen molar-refractivity contribution in [2.45, 2.75) is 24.3 Å². The fourth-order valence-electron chi connectivity index (χ4n) is 1.38. The smallest absolute Gasteiger partial charge is 0.383 e. The Hall–Kier alpha value is -1.28. The minimum Gasteiger partial charge on any atom is -0.383 e. The maximum atomic E-state index is 12.6. The summed E-state index contributed by atoms with van der Waals surface area (Å²) in [6, 6.07) is 4.94. The highest BCUT2D eigenvalue weighted by molar-refractivity contribution is 7.92. The normalized spacial score (nSPS) is 13.3. The fourth-order valence-corrected chi connectivity index (χ4v) is 2.32. The molecule has 0 fully saturated rings. The van der Waals surface area contributed by atoms with Crippen LogP contribution in [0.15, 0.2) is 29.2 Å². The molecule has 20 heavy (non-hydrogen) atoms. The molecule has 1 rings (SSSR count). The van der Waals surface area contributed by atoms with Gasteiger partial charge in [-0.25, -0.2) is 8.42 Å². The third-order valence-corrected chi connectivity index (χ3v) is 4.34. The molecule has 0 amide bonds. The maximum Gasteiger partial charge on any atom is 0.501 e. The zero-order valence-corrected chi connectivity index (χ0v) is 12.0. The lowest BCUT2D eigenvalue weighted by Crippen LogP contribution is -2.32. The SMILES string of the molecule is CC(C)(CN)CNc1ccccc1S(=O)(=O)C(F)(F)F. The summed E-state index contributed by atoms with van der Waals surface area (Å²) in [4.78, 5) is -0.777. The fraction of sp³-hybridized carbons (Fsp3) is 0.500. The summed E-state index contributed by atoms with van der Waals surface area (Å²) < 4.78 is 60.8. The average Bonchev–Trinajstić information content (AvgIpc) is 2.35. The molecule has 8 heteroatoms. The Morgan fingerprint density at radius 2 is 1.75 bits per heavy atom. The highest BCUT2D eigenvalue weighted by Gasteiger charge is 2.47. The van der Waals surface area contributed by atoms with Gasteiger partial charge in [0.05, 0.1) is 10.6 Å². The molecule has 0 aliphatic carbocycles. The summed E-state index contributed by atoms with van der Waals surface area (Å²) in [5.74, 6) is 0. The molecular formula is C12H17F3N2O2S. The molecule has 0 aromatic heterocycles. The highest BCUT2D eigenvalue weighted by Crippen LogP contribution is 2.34. The molecule has 1 aromatic rings. The predicted molar refractivity (Wildman–Crippen MR) is 71.0 cm³/mol. The maximum absolute atomic E-state index is 12.6. The van der Waals surface area contributed by atoms with Gasteiger partial charge in [0, 0.05) is 6.54 Å². The molecule has 114 valence electrons. The van der Waals surface area contributed by atoms with Crippen molar-refractivity contribution < 1.29 is 21.6 Å². The van der Waals surface area contributed by atoms with Gasteiger partial charge in [-0.3, -0.25) is 0 Å². The van der Waals surface area contributed by atoms with E-state index in [1.165, 1.54) is 18.2 Å². The van der Waals surface area contributed by atoms with E-state index < -0.39 is 20.2 Å². The Labute approximate surface area is 116 Å². The molecule has 0 atom stereocenters. The van der Waals surface area contributed by atoms with E-state index in [0.717, 1.165) is 6.07 Å². The van der Waals surface area contributed by atoms with Crippen molar-refractivity contribution in [1.29, 1.82) is 0 Å². The third kappa shape index (κ3) is 3.63. The molecule has 0 aliphatic heterocycles. The molecule has 1 aromatic carbocycles. The van der Waals surface area contributed by atoms with Crippen LogP contribution in [0.4, 0.5) is 18.9 Å². The van der Waals surface area contributed by atoms with Gasteiger partial charge in [-0.15, -0.1) is 0 Å². The molecule has 0 saturated carbocycles. The van der Waals surface area contributed by atoms with Crippen LogP contribution < -0.4 is 11.1 Å². The summed E-state index contributed by atoms with van der Waals surface area (Å²) in [5, 5.41) is 2.72. The van der Waals surface area contributed by atoms with Crippen LogP contribution in [0.3, 0.4) is 0 Å². The van der Waals surface area contributed by atoms with Crippen molar-refractivity contribution in [3.8, 4) is 0 Å². The number of halogens is 3. The van der Waals surface area contributed by atoms with Gasteiger partial charge >= 0.3 is 5.51 Å². The first-order valence-electron chi connectivity index (χ1n) is 5.85. The lowest BCUT2D eigenvalue weighted by molar-refractivity contribution is -0.0435. The van der Waals surface area contributed by atoms with Crippen molar-refractivity contribution in [3.05, 3.63) is 24.3 Å². The van der Waals surface area contributed by atoms with Gasteiger partial charge in [-0.1, -0.05) is 26.0 Å². The molecule has 0 heterocycles. The van der Waals surface area contributed by atoms with Gasteiger partial charge in [0.2, 0.25) is 0 Å². The van der Waals surface area contributed by atoms with Crippen LogP contribution in [0.5, 0.6) is 0 Å². The Morgan fingerprint density at radius 1 is 1.20 bits per heavy atom. The second-order valence-electron chi connectivity index (χ2n) is 5.17. The lowest BCUT2D eigenvalue weighted by atomic mass is 9.94. The monoisotopic (exact) mass is 310 g/mol. The zero-order chi connectivity index (χ0) is 15.6. The number of sulfone groups is 1. The molecule has 0 saturated heterocycles. The highest BCUT2D eigenvalue weighted by atomic mass is 32.2. The lowest BCUT2D eigenvalue weighted by Gasteiger charge is -2.24. The van der Waals surface area contributed by atoms with E-state index in [2.05, 4.69) is 5.32 Å². The molecule has 0 spiro atoms. The van der Waals surface area contributed by atoms with Crippen LogP contribution in [0.2, 0.25) is 0 Å². The summed E-state index contributed by atoms with van der Waals surface area (Å²) in [6.45, 7) is 4.21. The Balaban J connectivity index is 3.14. The van der Waals surface area contributed by atoms with E-state index in [0.29, 0.717) is 6.54 Å². The number of benzene rings is 1. The molecule has 0 unspecified atom stereocenters. The largest absolute Gasteiger partial charge is 0.501 e. The minimum atomic E-state index is -5.38. The summed E-state index contributed by atoms with van der Waals surface area (Å²) >= 11 is 0. The van der Waals surface area contributed by atoms with Gasteiger partial charge in [-0.05, 0) is 24.1 Å².